The predicted molar refractivity (Wildman–Crippen MR) is 96.9 cm³/mol. The van der Waals surface area contributed by atoms with E-state index >= 15 is 0 Å². The molecule has 0 aliphatic rings. The maximum absolute atomic E-state index is 11.8. The van der Waals surface area contributed by atoms with E-state index in [1.807, 2.05) is 30.3 Å². The fraction of sp³-hybridized carbons (Fsp3) is 0.312. The van der Waals surface area contributed by atoms with Crippen molar-refractivity contribution in [2.24, 2.45) is 10.3 Å². The molecule has 8 nitrogen and oxygen atoms in total. The Labute approximate surface area is 149 Å². The Morgan fingerprint density at radius 3 is 2.68 bits per heavy atom. The maximum atomic E-state index is 11.8. The molecule has 0 spiro atoms. The monoisotopic (exact) mass is 360 g/mol. The average molecular weight is 360 g/mol. The highest BCUT2D eigenvalue weighted by molar-refractivity contribution is 7.17. The van der Waals surface area contributed by atoms with E-state index in [0.29, 0.717) is 22.4 Å². The van der Waals surface area contributed by atoms with E-state index in [1.165, 1.54) is 11.3 Å². The zero-order valence-corrected chi connectivity index (χ0v) is 15.1. The number of anilines is 1. The summed E-state index contributed by atoms with van der Waals surface area (Å²) in [6.07, 6.45) is 0.980. The predicted octanol–water partition coefficient (Wildman–Crippen LogP) is 3.97. The summed E-state index contributed by atoms with van der Waals surface area (Å²) >= 11 is 1.21. The van der Waals surface area contributed by atoms with E-state index in [1.54, 1.807) is 27.0 Å². The van der Waals surface area contributed by atoms with Gasteiger partial charge >= 0.3 is 6.09 Å². The Morgan fingerprint density at radius 2 is 2.04 bits per heavy atom. The lowest BCUT2D eigenvalue weighted by atomic mass is 10.2. The molecule has 1 amide bonds. The highest BCUT2D eigenvalue weighted by atomic mass is 32.1. The molecule has 0 aliphatic heterocycles. The molecular formula is C16H20N6O2S. The third kappa shape index (κ3) is 6.30. The van der Waals surface area contributed by atoms with Crippen LogP contribution in [0.5, 0.6) is 0 Å². The van der Waals surface area contributed by atoms with Crippen molar-refractivity contribution >= 4 is 28.4 Å². The van der Waals surface area contributed by atoms with Crippen molar-refractivity contribution in [3.8, 4) is 0 Å². The first-order chi connectivity index (χ1) is 11.9. The van der Waals surface area contributed by atoms with Crippen LogP contribution < -0.4 is 10.6 Å². The number of amides is 1. The number of hydrogen-bond donors (Lipinski definition) is 3. The summed E-state index contributed by atoms with van der Waals surface area (Å²) in [5, 5.41) is 12.9. The van der Waals surface area contributed by atoms with Crippen LogP contribution in [-0.2, 0) is 11.3 Å². The van der Waals surface area contributed by atoms with Crippen molar-refractivity contribution in [1.82, 2.24) is 10.3 Å². The smallest absolute Gasteiger partial charge is 0.413 e. The number of amidine groups is 1. The molecule has 9 heteroatoms. The van der Waals surface area contributed by atoms with Crippen LogP contribution in [0.3, 0.4) is 0 Å². The molecule has 2 rings (SSSR count). The molecule has 0 atom stereocenters. The lowest BCUT2D eigenvalue weighted by Gasteiger charge is -2.18. The molecule has 0 bridgehead atoms. The van der Waals surface area contributed by atoms with Gasteiger partial charge in [-0.25, -0.2) is 9.78 Å². The second-order valence-corrected chi connectivity index (χ2v) is 7.07. The fourth-order valence-electron chi connectivity index (χ4n) is 1.84. The molecule has 0 saturated heterocycles. The molecule has 3 N–H and O–H groups in total. The Balaban J connectivity index is 2.02. The number of carbonyl (C=O) groups is 1. The number of thiazole rings is 1. The van der Waals surface area contributed by atoms with Gasteiger partial charge in [0.05, 0.1) is 11.1 Å². The zero-order chi connectivity index (χ0) is 18.3. The van der Waals surface area contributed by atoms with Crippen molar-refractivity contribution in [2.75, 3.05) is 5.32 Å². The van der Waals surface area contributed by atoms with E-state index in [2.05, 4.69) is 25.9 Å². The normalized spacial score (nSPS) is 11.7. The van der Waals surface area contributed by atoms with Crippen LogP contribution in [0, 0.1) is 5.53 Å². The average Bonchev–Trinajstić information content (AvgIpc) is 2.98. The summed E-state index contributed by atoms with van der Waals surface area (Å²) in [6, 6.07) is 9.78. The third-order valence-corrected chi connectivity index (χ3v) is 3.72. The number of hydrogen-bond acceptors (Lipinski definition) is 6. The minimum absolute atomic E-state index is 0.378. The molecule has 2 aromatic rings. The van der Waals surface area contributed by atoms with Gasteiger partial charge in [-0.05, 0) is 26.3 Å². The van der Waals surface area contributed by atoms with Gasteiger partial charge in [0.1, 0.15) is 5.60 Å². The molecule has 1 heterocycles. The summed E-state index contributed by atoms with van der Waals surface area (Å²) in [4.78, 5) is 16.6. The molecular weight excluding hydrogens is 340 g/mol. The quantitative estimate of drug-likeness (QED) is 0.324. The SMILES string of the molecule is CC(C)(C)OC(=O)Nc1ncc(/C(=N/N=N)NCc2ccccc2)s1. The van der Waals surface area contributed by atoms with Crippen molar-refractivity contribution in [1.29, 1.82) is 5.53 Å². The van der Waals surface area contributed by atoms with Crippen molar-refractivity contribution in [3.05, 3.63) is 47.0 Å². The lowest BCUT2D eigenvalue weighted by molar-refractivity contribution is 0.0636. The largest absolute Gasteiger partial charge is 0.444 e. The number of ether oxygens (including phenoxy) is 1. The fourth-order valence-corrected chi connectivity index (χ4v) is 2.60. The minimum Gasteiger partial charge on any atom is -0.444 e. The topological polar surface area (TPSA) is 112 Å². The molecule has 0 saturated carbocycles. The summed E-state index contributed by atoms with van der Waals surface area (Å²) in [5.74, 6) is 0.411. The summed E-state index contributed by atoms with van der Waals surface area (Å²) in [6.45, 7) is 5.89. The number of nitrogens with one attached hydrogen (secondary N) is 3. The number of aromatic nitrogens is 1. The van der Waals surface area contributed by atoms with Gasteiger partial charge in [0.25, 0.3) is 0 Å². The minimum atomic E-state index is -0.585. The summed E-state index contributed by atoms with van der Waals surface area (Å²) < 4.78 is 5.19. The van der Waals surface area contributed by atoms with Gasteiger partial charge in [-0.2, -0.15) is 5.53 Å². The van der Waals surface area contributed by atoms with E-state index in [0.717, 1.165) is 5.56 Å². The van der Waals surface area contributed by atoms with Crippen LogP contribution in [0.4, 0.5) is 9.93 Å². The second-order valence-electron chi connectivity index (χ2n) is 6.04. The van der Waals surface area contributed by atoms with Crippen LogP contribution in [0.1, 0.15) is 31.2 Å². The highest BCUT2D eigenvalue weighted by Gasteiger charge is 2.18. The maximum Gasteiger partial charge on any atom is 0.413 e. The molecule has 0 unspecified atom stereocenters. The van der Waals surface area contributed by atoms with Gasteiger partial charge in [-0.1, -0.05) is 46.9 Å². The lowest BCUT2D eigenvalue weighted by Crippen LogP contribution is -2.27. The number of carbonyl (C=O) groups excluding carboxylic acids is 1. The van der Waals surface area contributed by atoms with Crippen LogP contribution in [0.25, 0.3) is 0 Å². The van der Waals surface area contributed by atoms with Crippen LogP contribution in [0.15, 0.2) is 46.9 Å². The summed E-state index contributed by atoms with van der Waals surface area (Å²) in [5.41, 5.74) is 7.46. The van der Waals surface area contributed by atoms with Gasteiger partial charge in [0, 0.05) is 6.54 Å². The van der Waals surface area contributed by atoms with Crippen molar-refractivity contribution in [3.63, 3.8) is 0 Å². The Morgan fingerprint density at radius 1 is 1.32 bits per heavy atom. The van der Waals surface area contributed by atoms with Crippen molar-refractivity contribution < 1.29 is 9.53 Å². The van der Waals surface area contributed by atoms with Crippen LogP contribution >= 0.6 is 11.3 Å². The molecule has 132 valence electrons. The molecule has 0 radical (unpaired) electrons. The number of rotatable bonds is 5. The summed E-state index contributed by atoms with van der Waals surface area (Å²) in [7, 11) is 0. The standard InChI is InChI=1S/C16H20N6O2S/c1-16(2,3)24-15(23)20-14-19-10-12(25-14)13(21-22-17)18-9-11-7-5-4-6-8-11/h4-8,10H,9H2,1-3H3,(H2,17,18,21)(H,19,20,23). The van der Waals surface area contributed by atoms with E-state index in [-0.39, 0.29) is 0 Å². The van der Waals surface area contributed by atoms with Gasteiger partial charge < -0.3 is 10.1 Å². The molecule has 1 aromatic heterocycles. The first-order valence-corrected chi connectivity index (χ1v) is 8.37. The number of benzene rings is 1. The van der Waals surface area contributed by atoms with Crippen molar-refractivity contribution in [2.45, 2.75) is 32.9 Å². The van der Waals surface area contributed by atoms with E-state index < -0.39 is 11.7 Å². The van der Waals surface area contributed by atoms with Gasteiger partial charge in [-0.15, -0.1) is 5.10 Å². The number of nitrogens with zero attached hydrogens (tertiary/aromatic N) is 3. The second kappa shape index (κ2) is 8.34. The van der Waals surface area contributed by atoms with Gasteiger partial charge in [0.15, 0.2) is 11.0 Å². The van der Waals surface area contributed by atoms with Crippen LogP contribution in [-0.4, -0.2) is 22.5 Å². The zero-order valence-electron chi connectivity index (χ0n) is 14.2. The third-order valence-electron chi connectivity index (χ3n) is 2.80. The molecule has 25 heavy (non-hydrogen) atoms. The Bertz CT molecular complexity index is 751. The van der Waals surface area contributed by atoms with E-state index in [4.69, 9.17) is 10.3 Å². The van der Waals surface area contributed by atoms with E-state index in [9.17, 15) is 4.79 Å². The van der Waals surface area contributed by atoms with Gasteiger partial charge in [0.2, 0.25) is 0 Å². The first kappa shape index (κ1) is 18.5. The van der Waals surface area contributed by atoms with Crippen LogP contribution in [0.2, 0.25) is 0 Å². The van der Waals surface area contributed by atoms with Gasteiger partial charge in [-0.3, -0.25) is 5.32 Å². The first-order valence-electron chi connectivity index (χ1n) is 7.56. The molecule has 0 fully saturated rings. The molecule has 1 aromatic carbocycles. The highest BCUT2D eigenvalue weighted by Crippen LogP contribution is 2.20. The molecule has 0 aliphatic carbocycles. The Kier molecular flexibility index (Phi) is 6.18. The Hall–Kier alpha value is -2.81.